The molecule has 100 valence electrons. The zero-order valence-electron chi connectivity index (χ0n) is 10.3. The van der Waals surface area contributed by atoms with Crippen molar-refractivity contribution in [3.63, 3.8) is 0 Å². The van der Waals surface area contributed by atoms with Crippen LogP contribution in [0.15, 0.2) is 23.6 Å². The van der Waals surface area contributed by atoms with Gasteiger partial charge in [-0.1, -0.05) is 11.6 Å². The molecule has 0 saturated carbocycles. The molecule has 2 N–H and O–H groups in total. The molecule has 0 aliphatic carbocycles. The van der Waals surface area contributed by atoms with Gasteiger partial charge in [-0.15, -0.1) is 11.3 Å². The normalized spacial score (nSPS) is 10.4. The molecule has 0 amide bonds. The van der Waals surface area contributed by atoms with Crippen LogP contribution in [0.4, 0.5) is 5.69 Å². The van der Waals surface area contributed by atoms with Crippen molar-refractivity contribution in [2.75, 3.05) is 11.9 Å². The number of hydrogen-bond donors (Lipinski definition) is 2. The maximum atomic E-state index is 10.8. The van der Waals surface area contributed by atoms with Crippen molar-refractivity contribution in [3.05, 3.63) is 44.9 Å². The number of rotatable bonds is 5. The molecule has 0 aliphatic heterocycles. The smallest absolute Gasteiger partial charge is 0.335 e. The third-order valence-corrected chi connectivity index (χ3v) is 3.71. The molecule has 1 aromatic carbocycles. The topological polar surface area (TPSA) is 62.2 Å². The van der Waals surface area contributed by atoms with Gasteiger partial charge in [0.25, 0.3) is 0 Å². The predicted molar refractivity (Wildman–Crippen MR) is 77.5 cm³/mol. The lowest BCUT2D eigenvalue weighted by molar-refractivity contribution is 0.0697. The van der Waals surface area contributed by atoms with E-state index in [1.54, 1.807) is 17.4 Å². The van der Waals surface area contributed by atoms with Gasteiger partial charge >= 0.3 is 5.97 Å². The molecule has 19 heavy (non-hydrogen) atoms. The van der Waals surface area contributed by atoms with Gasteiger partial charge in [0.05, 0.1) is 27.0 Å². The number of nitrogens with zero attached hydrogens (tertiary/aromatic N) is 1. The molecule has 6 heteroatoms. The van der Waals surface area contributed by atoms with Crippen LogP contribution in [0.5, 0.6) is 0 Å². The Balaban J connectivity index is 1.94. The number of hydrogen-bond acceptors (Lipinski definition) is 4. The highest BCUT2D eigenvalue weighted by Crippen LogP contribution is 2.23. The Labute approximate surface area is 120 Å². The van der Waals surface area contributed by atoms with Gasteiger partial charge in [-0.25, -0.2) is 9.78 Å². The van der Waals surface area contributed by atoms with Gasteiger partial charge in [-0.05, 0) is 25.1 Å². The van der Waals surface area contributed by atoms with Crippen molar-refractivity contribution in [1.82, 2.24) is 4.98 Å². The molecule has 0 saturated heterocycles. The number of carboxylic acid groups (broad SMARTS) is 1. The van der Waals surface area contributed by atoms with Crippen molar-refractivity contribution in [2.45, 2.75) is 13.3 Å². The molecule has 0 bridgehead atoms. The van der Waals surface area contributed by atoms with Crippen molar-refractivity contribution < 1.29 is 9.90 Å². The number of carbonyl (C=O) groups is 1. The average Bonchev–Trinajstić information content (AvgIpc) is 2.77. The lowest BCUT2D eigenvalue weighted by atomic mass is 10.2. The summed E-state index contributed by atoms with van der Waals surface area (Å²) in [6.45, 7) is 2.68. The average molecular weight is 297 g/mol. The second-order valence-corrected chi connectivity index (χ2v) is 5.50. The van der Waals surface area contributed by atoms with E-state index in [1.807, 2.05) is 12.3 Å². The van der Waals surface area contributed by atoms with Gasteiger partial charge in [0.1, 0.15) is 0 Å². The fourth-order valence-corrected chi connectivity index (χ4v) is 2.53. The number of nitrogens with one attached hydrogen (secondary N) is 1. The zero-order chi connectivity index (χ0) is 13.8. The van der Waals surface area contributed by atoms with Crippen LogP contribution in [0.3, 0.4) is 0 Å². The first-order chi connectivity index (χ1) is 9.06. The number of aromatic nitrogens is 1. The van der Waals surface area contributed by atoms with E-state index < -0.39 is 5.97 Å². The van der Waals surface area contributed by atoms with Crippen LogP contribution >= 0.6 is 22.9 Å². The number of aromatic carboxylic acids is 1. The molecule has 0 radical (unpaired) electrons. The molecular formula is C13H13ClN2O2S. The molecule has 2 aromatic rings. The summed E-state index contributed by atoms with van der Waals surface area (Å²) in [7, 11) is 0. The second kappa shape index (κ2) is 6.04. The fourth-order valence-electron chi connectivity index (χ4n) is 1.64. The Kier molecular flexibility index (Phi) is 4.39. The van der Waals surface area contributed by atoms with Crippen LogP contribution < -0.4 is 5.32 Å². The highest BCUT2D eigenvalue weighted by molar-refractivity contribution is 7.09. The molecule has 0 spiro atoms. The van der Waals surface area contributed by atoms with E-state index in [9.17, 15) is 4.79 Å². The van der Waals surface area contributed by atoms with Gasteiger partial charge in [-0.3, -0.25) is 0 Å². The van der Waals surface area contributed by atoms with Gasteiger partial charge in [0.15, 0.2) is 0 Å². The third-order valence-electron chi connectivity index (χ3n) is 2.58. The van der Waals surface area contributed by atoms with E-state index in [4.69, 9.17) is 16.7 Å². The summed E-state index contributed by atoms with van der Waals surface area (Å²) in [6.07, 6.45) is 0.807. The quantitative estimate of drug-likeness (QED) is 0.887. The first kappa shape index (κ1) is 13.8. The standard InChI is InChI=1S/C13H13ClN2O2S/c1-8-16-10(7-19-8)4-5-15-12-3-2-9(13(17)18)6-11(12)14/h2-3,6-7,15H,4-5H2,1H3,(H,17,18). The Morgan fingerprint density at radius 2 is 2.32 bits per heavy atom. The van der Waals surface area contributed by atoms with Crippen LogP contribution in [0, 0.1) is 6.92 Å². The second-order valence-electron chi connectivity index (χ2n) is 4.03. The summed E-state index contributed by atoms with van der Waals surface area (Å²) in [4.78, 5) is 15.1. The van der Waals surface area contributed by atoms with E-state index in [-0.39, 0.29) is 5.56 Å². The van der Waals surface area contributed by atoms with Gasteiger partial charge < -0.3 is 10.4 Å². The fraction of sp³-hybridized carbons (Fsp3) is 0.231. The first-order valence-corrected chi connectivity index (χ1v) is 7.00. The zero-order valence-corrected chi connectivity index (χ0v) is 11.9. The van der Waals surface area contributed by atoms with E-state index in [2.05, 4.69) is 10.3 Å². The number of anilines is 1. The summed E-state index contributed by atoms with van der Waals surface area (Å²) in [5, 5.41) is 15.5. The Hall–Kier alpha value is -1.59. The molecule has 0 unspecified atom stereocenters. The van der Waals surface area contributed by atoms with E-state index in [1.165, 1.54) is 12.1 Å². The van der Waals surface area contributed by atoms with Crippen molar-refractivity contribution in [3.8, 4) is 0 Å². The summed E-state index contributed by atoms with van der Waals surface area (Å²) >= 11 is 7.65. The maximum absolute atomic E-state index is 10.8. The Morgan fingerprint density at radius 1 is 1.53 bits per heavy atom. The maximum Gasteiger partial charge on any atom is 0.335 e. The minimum atomic E-state index is -0.980. The van der Waals surface area contributed by atoms with E-state index in [0.717, 1.165) is 22.8 Å². The molecule has 2 rings (SSSR count). The minimum Gasteiger partial charge on any atom is -0.478 e. The SMILES string of the molecule is Cc1nc(CCNc2ccc(C(=O)O)cc2Cl)cs1. The van der Waals surface area contributed by atoms with Crippen molar-refractivity contribution in [1.29, 1.82) is 0 Å². The largest absolute Gasteiger partial charge is 0.478 e. The lowest BCUT2D eigenvalue weighted by Gasteiger charge is -2.08. The highest BCUT2D eigenvalue weighted by atomic mass is 35.5. The number of aryl methyl sites for hydroxylation is 1. The van der Waals surface area contributed by atoms with E-state index in [0.29, 0.717) is 11.6 Å². The predicted octanol–water partition coefficient (Wildman–Crippen LogP) is 3.46. The number of halogens is 1. The number of thiazole rings is 1. The Morgan fingerprint density at radius 3 is 2.89 bits per heavy atom. The third kappa shape index (κ3) is 3.68. The summed E-state index contributed by atoms with van der Waals surface area (Å²) in [5.41, 5.74) is 1.97. The molecule has 1 heterocycles. The van der Waals surface area contributed by atoms with Crippen LogP contribution in [-0.2, 0) is 6.42 Å². The van der Waals surface area contributed by atoms with Crippen LogP contribution in [0.25, 0.3) is 0 Å². The number of benzene rings is 1. The van der Waals surface area contributed by atoms with Gasteiger partial charge in [0, 0.05) is 18.3 Å². The summed E-state index contributed by atoms with van der Waals surface area (Å²) in [5.74, 6) is -0.980. The van der Waals surface area contributed by atoms with Crippen LogP contribution in [0.1, 0.15) is 21.1 Å². The van der Waals surface area contributed by atoms with Crippen molar-refractivity contribution in [2.24, 2.45) is 0 Å². The van der Waals surface area contributed by atoms with Gasteiger partial charge in [-0.2, -0.15) is 0 Å². The summed E-state index contributed by atoms with van der Waals surface area (Å²) in [6, 6.07) is 4.65. The molecule has 0 aliphatic rings. The number of carboxylic acids is 1. The van der Waals surface area contributed by atoms with Gasteiger partial charge in [0.2, 0.25) is 0 Å². The molecule has 0 fully saturated rings. The molecule has 1 aromatic heterocycles. The first-order valence-electron chi connectivity index (χ1n) is 5.74. The molecule has 4 nitrogen and oxygen atoms in total. The lowest BCUT2D eigenvalue weighted by Crippen LogP contribution is -2.06. The monoisotopic (exact) mass is 296 g/mol. The van der Waals surface area contributed by atoms with Crippen molar-refractivity contribution >= 4 is 34.6 Å². The molecule has 0 atom stereocenters. The Bertz CT molecular complexity index is 598. The van der Waals surface area contributed by atoms with Crippen LogP contribution in [-0.4, -0.2) is 22.6 Å². The van der Waals surface area contributed by atoms with Crippen LogP contribution in [0.2, 0.25) is 5.02 Å². The van der Waals surface area contributed by atoms with E-state index >= 15 is 0 Å². The minimum absolute atomic E-state index is 0.186. The highest BCUT2D eigenvalue weighted by Gasteiger charge is 2.06. The summed E-state index contributed by atoms with van der Waals surface area (Å²) < 4.78 is 0. The molecular weight excluding hydrogens is 284 g/mol.